The van der Waals surface area contributed by atoms with Gasteiger partial charge in [-0.25, -0.2) is 0 Å². The molecule has 0 aliphatic carbocycles. The number of benzene rings is 2. The van der Waals surface area contributed by atoms with Crippen LogP contribution in [-0.4, -0.2) is 22.8 Å². The molecule has 128 valence electrons. The van der Waals surface area contributed by atoms with E-state index >= 15 is 0 Å². The molecule has 1 atom stereocenters. The van der Waals surface area contributed by atoms with Gasteiger partial charge in [-0.05, 0) is 23.1 Å². The van der Waals surface area contributed by atoms with E-state index in [0.717, 1.165) is 11.1 Å². The van der Waals surface area contributed by atoms with Gasteiger partial charge in [-0.3, -0.25) is 14.5 Å². The van der Waals surface area contributed by atoms with Crippen molar-refractivity contribution in [2.75, 3.05) is 0 Å². The lowest BCUT2D eigenvalue weighted by atomic mass is 9.93. The summed E-state index contributed by atoms with van der Waals surface area (Å²) in [7, 11) is 0. The molecule has 1 heterocycles. The van der Waals surface area contributed by atoms with Crippen molar-refractivity contribution in [3.63, 3.8) is 0 Å². The molecular weight excluding hydrogens is 310 g/mol. The first-order valence-corrected chi connectivity index (χ1v) is 8.56. The van der Waals surface area contributed by atoms with E-state index in [1.807, 2.05) is 45.0 Å². The molecule has 0 spiro atoms. The summed E-state index contributed by atoms with van der Waals surface area (Å²) in [5.41, 5.74) is 2.87. The van der Waals surface area contributed by atoms with Gasteiger partial charge >= 0.3 is 0 Å². The van der Waals surface area contributed by atoms with Gasteiger partial charge in [0.1, 0.15) is 0 Å². The zero-order valence-corrected chi connectivity index (χ0v) is 14.9. The van der Waals surface area contributed by atoms with E-state index < -0.39 is 5.41 Å². The Bertz CT molecular complexity index is 798. The predicted octanol–water partition coefficient (Wildman–Crippen LogP) is 4.24. The minimum Gasteiger partial charge on any atom is -0.274 e. The lowest BCUT2D eigenvalue weighted by Gasteiger charge is -2.29. The Kier molecular flexibility index (Phi) is 4.58. The monoisotopic (exact) mass is 333 g/mol. The second-order valence-electron chi connectivity index (χ2n) is 7.46. The summed E-state index contributed by atoms with van der Waals surface area (Å²) < 4.78 is 0. The molecular formula is C22H23NO2. The molecule has 1 aliphatic rings. The lowest BCUT2D eigenvalue weighted by Crippen LogP contribution is -2.46. The normalized spacial score (nSPS) is 17.2. The summed E-state index contributed by atoms with van der Waals surface area (Å²) in [6.45, 7) is 5.52. The molecule has 2 amide bonds. The molecule has 0 fully saturated rings. The maximum absolute atomic E-state index is 12.6. The highest BCUT2D eigenvalue weighted by Crippen LogP contribution is 2.26. The van der Waals surface area contributed by atoms with Gasteiger partial charge in [0.2, 0.25) is 5.91 Å². The Morgan fingerprint density at radius 3 is 2.16 bits per heavy atom. The van der Waals surface area contributed by atoms with Crippen molar-refractivity contribution in [3.8, 4) is 11.1 Å². The van der Waals surface area contributed by atoms with Crippen molar-refractivity contribution in [3.05, 3.63) is 72.3 Å². The average Bonchev–Trinajstić information content (AvgIpc) is 2.95. The molecule has 0 bridgehead atoms. The van der Waals surface area contributed by atoms with Crippen molar-refractivity contribution in [2.45, 2.75) is 33.2 Å². The van der Waals surface area contributed by atoms with Gasteiger partial charge in [-0.1, -0.05) is 81.4 Å². The average molecular weight is 333 g/mol. The van der Waals surface area contributed by atoms with Gasteiger partial charge in [-0.15, -0.1) is 0 Å². The number of imide groups is 1. The fourth-order valence-electron chi connectivity index (χ4n) is 3.00. The van der Waals surface area contributed by atoms with E-state index in [0.29, 0.717) is 6.42 Å². The second-order valence-corrected chi connectivity index (χ2v) is 7.46. The fourth-order valence-corrected chi connectivity index (χ4v) is 3.00. The van der Waals surface area contributed by atoms with Gasteiger partial charge in [0.25, 0.3) is 5.91 Å². The first kappa shape index (κ1) is 17.2. The van der Waals surface area contributed by atoms with E-state index in [4.69, 9.17) is 0 Å². The summed E-state index contributed by atoms with van der Waals surface area (Å²) in [4.78, 5) is 26.1. The third-order valence-electron chi connectivity index (χ3n) is 4.40. The van der Waals surface area contributed by atoms with Crippen LogP contribution in [0.5, 0.6) is 0 Å². The van der Waals surface area contributed by atoms with Gasteiger partial charge < -0.3 is 0 Å². The largest absolute Gasteiger partial charge is 0.274 e. The Morgan fingerprint density at radius 2 is 1.56 bits per heavy atom. The second kappa shape index (κ2) is 6.67. The van der Waals surface area contributed by atoms with Gasteiger partial charge in [-0.2, -0.15) is 0 Å². The van der Waals surface area contributed by atoms with E-state index in [1.54, 1.807) is 0 Å². The molecule has 0 saturated heterocycles. The SMILES string of the molecule is CC(C)(C)C(=O)N1C(=O)C=CC1Cc1ccc(-c2ccccc2)cc1. The smallest absolute Gasteiger partial charge is 0.253 e. The highest BCUT2D eigenvalue weighted by Gasteiger charge is 2.37. The number of carbonyl (C=O) groups excluding carboxylic acids is 2. The highest BCUT2D eigenvalue weighted by molar-refractivity contribution is 6.05. The molecule has 3 nitrogen and oxygen atoms in total. The van der Waals surface area contributed by atoms with Crippen LogP contribution in [0.2, 0.25) is 0 Å². The Balaban J connectivity index is 1.76. The number of amides is 2. The highest BCUT2D eigenvalue weighted by atomic mass is 16.2. The Morgan fingerprint density at radius 1 is 0.960 bits per heavy atom. The van der Waals surface area contributed by atoms with Crippen molar-refractivity contribution in [1.82, 2.24) is 4.90 Å². The molecule has 3 heteroatoms. The van der Waals surface area contributed by atoms with E-state index in [1.165, 1.54) is 16.5 Å². The van der Waals surface area contributed by atoms with Crippen LogP contribution in [0.4, 0.5) is 0 Å². The molecule has 0 N–H and O–H groups in total. The topological polar surface area (TPSA) is 37.4 Å². The third-order valence-corrected chi connectivity index (χ3v) is 4.40. The van der Waals surface area contributed by atoms with Crippen LogP contribution in [-0.2, 0) is 16.0 Å². The summed E-state index contributed by atoms with van der Waals surface area (Å²) >= 11 is 0. The molecule has 25 heavy (non-hydrogen) atoms. The molecule has 1 aliphatic heterocycles. The van der Waals surface area contributed by atoms with Gasteiger partial charge in [0, 0.05) is 11.5 Å². The number of carbonyl (C=O) groups is 2. The molecule has 0 aromatic heterocycles. The zero-order valence-electron chi connectivity index (χ0n) is 14.9. The number of hydrogen-bond acceptors (Lipinski definition) is 2. The van der Waals surface area contributed by atoms with E-state index in [9.17, 15) is 9.59 Å². The van der Waals surface area contributed by atoms with Crippen molar-refractivity contribution in [2.24, 2.45) is 5.41 Å². The number of hydrogen-bond donors (Lipinski definition) is 0. The van der Waals surface area contributed by atoms with Crippen molar-refractivity contribution >= 4 is 11.8 Å². The molecule has 3 rings (SSSR count). The zero-order chi connectivity index (χ0) is 18.0. The van der Waals surface area contributed by atoms with Crippen LogP contribution in [0.15, 0.2) is 66.7 Å². The number of nitrogens with zero attached hydrogens (tertiary/aromatic N) is 1. The van der Waals surface area contributed by atoms with Crippen LogP contribution in [0, 0.1) is 5.41 Å². The first-order chi connectivity index (χ1) is 11.9. The summed E-state index contributed by atoms with van der Waals surface area (Å²) in [6.07, 6.45) is 3.98. The van der Waals surface area contributed by atoms with Crippen molar-refractivity contribution < 1.29 is 9.59 Å². The maximum atomic E-state index is 12.6. The van der Waals surface area contributed by atoms with E-state index in [-0.39, 0.29) is 17.9 Å². The fraction of sp³-hybridized carbons (Fsp3) is 0.273. The summed E-state index contributed by atoms with van der Waals surface area (Å²) in [5, 5.41) is 0. The third kappa shape index (κ3) is 3.71. The van der Waals surface area contributed by atoms with Crippen LogP contribution < -0.4 is 0 Å². The van der Waals surface area contributed by atoms with Crippen LogP contribution in [0.3, 0.4) is 0 Å². The predicted molar refractivity (Wildman–Crippen MR) is 99.8 cm³/mol. The van der Waals surface area contributed by atoms with Crippen LogP contribution in [0.1, 0.15) is 26.3 Å². The Hall–Kier alpha value is -2.68. The van der Waals surface area contributed by atoms with Crippen LogP contribution >= 0.6 is 0 Å². The molecule has 1 unspecified atom stereocenters. The van der Waals surface area contributed by atoms with Crippen LogP contribution in [0.25, 0.3) is 11.1 Å². The summed E-state index contributed by atoms with van der Waals surface area (Å²) in [5.74, 6) is -0.348. The first-order valence-electron chi connectivity index (χ1n) is 8.56. The maximum Gasteiger partial charge on any atom is 0.253 e. The van der Waals surface area contributed by atoms with Gasteiger partial charge in [0.15, 0.2) is 0 Å². The van der Waals surface area contributed by atoms with E-state index in [2.05, 4.69) is 36.4 Å². The Labute approximate surface area is 149 Å². The quantitative estimate of drug-likeness (QED) is 0.843. The minimum absolute atomic E-state index is 0.131. The molecule has 2 aromatic carbocycles. The van der Waals surface area contributed by atoms with Gasteiger partial charge in [0.05, 0.1) is 6.04 Å². The summed E-state index contributed by atoms with van der Waals surface area (Å²) in [6, 6.07) is 18.3. The number of rotatable bonds is 3. The lowest BCUT2D eigenvalue weighted by molar-refractivity contribution is -0.148. The minimum atomic E-state index is -0.572. The van der Waals surface area contributed by atoms with Crippen molar-refractivity contribution in [1.29, 1.82) is 0 Å². The molecule has 0 saturated carbocycles. The molecule has 0 radical (unpaired) electrons. The standard InChI is InChI=1S/C22H23NO2/c1-22(2,3)21(25)23-19(13-14-20(23)24)15-16-9-11-18(12-10-16)17-7-5-4-6-8-17/h4-14,19H,15H2,1-3H3. The molecule has 2 aromatic rings.